The minimum atomic E-state index is 0.0673. The van der Waals surface area contributed by atoms with Crippen LogP contribution in [0.5, 0.6) is 5.75 Å². The van der Waals surface area contributed by atoms with Crippen LogP contribution in [0.1, 0.15) is 71.3 Å². The molecule has 0 aliphatic heterocycles. The van der Waals surface area contributed by atoms with Gasteiger partial charge in [0.2, 0.25) is 0 Å². The molecule has 2 aliphatic rings. The fourth-order valence-corrected chi connectivity index (χ4v) is 7.74. The average Bonchev–Trinajstić information content (AvgIpc) is 3.11. The summed E-state index contributed by atoms with van der Waals surface area (Å²) >= 11 is 6.29. The number of carbonyl (C=O) groups excluding carboxylic acids is 1. The Morgan fingerprint density at radius 3 is 2.70 bits per heavy atom. The first-order valence-corrected chi connectivity index (χ1v) is 13.6. The van der Waals surface area contributed by atoms with Gasteiger partial charge in [-0.05, 0) is 101 Å². The molecule has 7 heteroatoms. The van der Waals surface area contributed by atoms with Crippen LogP contribution in [0.4, 0.5) is 5.00 Å². The van der Waals surface area contributed by atoms with E-state index in [-0.39, 0.29) is 5.91 Å². The van der Waals surface area contributed by atoms with E-state index in [4.69, 9.17) is 9.73 Å². The lowest BCUT2D eigenvalue weighted by molar-refractivity contribution is 0.0927. The molecule has 0 bridgehead atoms. The topological polar surface area (TPSA) is 50.7 Å². The highest BCUT2D eigenvalue weighted by Gasteiger charge is 2.27. The van der Waals surface area contributed by atoms with Gasteiger partial charge in [-0.15, -0.1) is 11.3 Å². The summed E-state index contributed by atoms with van der Waals surface area (Å²) in [5, 5.41) is 4.16. The number of amides is 1. The number of hydrogen-bond donors (Lipinski definition) is 1. The van der Waals surface area contributed by atoms with Gasteiger partial charge in [0, 0.05) is 26.3 Å². The smallest absolute Gasteiger partial charge is 0.254 e. The molecule has 4 nitrogen and oxygen atoms in total. The molecule has 0 radical (unpaired) electrons. The van der Waals surface area contributed by atoms with Crippen molar-refractivity contribution in [3.63, 3.8) is 0 Å². The quantitative estimate of drug-likeness (QED) is 0.292. The van der Waals surface area contributed by atoms with E-state index in [0.29, 0.717) is 6.04 Å². The Morgan fingerprint density at radius 2 is 1.93 bits per heavy atom. The number of benzene rings is 1. The van der Waals surface area contributed by atoms with Gasteiger partial charge in [-0.2, -0.15) is 0 Å². The molecule has 160 valence electrons. The number of ether oxygens (including phenoxy) is 1. The molecule has 1 aromatic carbocycles. The monoisotopic (exact) mass is 648 g/mol. The molecular weight excluding hydrogens is 622 g/mol. The van der Waals surface area contributed by atoms with Crippen LogP contribution in [0.3, 0.4) is 0 Å². The molecular formula is C23H26I2N2O2S. The Labute approximate surface area is 209 Å². The highest BCUT2D eigenvalue weighted by Crippen LogP contribution is 2.40. The summed E-state index contributed by atoms with van der Waals surface area (Å²) in [6.07, 6.45) is 12.1. The minimum absolute atomic E-state index is 0.0673. The van der Waals surface area contributed by atoms with Crippen molar-refractivity contribution in [3.05, 3.63) is 40.8 Å². The van der Waals surface area contributed by atoms with Crippen LogP contribution in [0.15, 0.2) is 17.1 Å². The molecule has 2 aliphatic carbocycles. The van der Waals surface area contributed by atoms with Gasteiger partial charge in [-0.25, -0.2) is 4.99 Å². The van der Waals surface area contributed by atoms with Crippen LogP contribution >= 0.6 is 56.5 Å². The van der Waals surface area contributed by atoms with E-state index in [2.05, 4.69) is 62.6 Å². The molecule has 0 unspecified atom stereocenters. The number of thiophene rings is 1. The molecule has 30 heavy (non-hydrogen) atoms. The number of rotatable bonds is 5. The summed E-state index contributed by atoms with van der Waals surface area (Å²) < 4.78 is 7.80. The van der Waals surface area contributed by atoms with E-state index < -0.39 is 0 Å². The van der Waals surface area contributed by atoms with E-state index in [1.807, 2.05) is 6.21 Å². The lowest BCUT2D eigenvalue weighted by Crippen LogP contribution is -2.36. The van der Waals surface area contributed by atoms with Crippen molar-refractivity contribution in [1.29, 1.82) is 0 Å². The second-order valence-corrected chi connectivity index (χ2v) is 11.5. The van der Waals surface area contributed by atoms with Crippen LogP contribution in [0.2, 0.25) is 0 Å². The van der Waals surface area contributed by atoms with Crippen LogP contribution in [0, 0.1) is 7.14 Å². The molecule has 1 aromatic heterocycles. The Bertz CT molecular complexity index is 965. The van der Waals surface area contributed by atoms with Crippen LogP contribution in [0.25, 0.3) is 0 Å². The van der Waals surface area contributed by atoms with E-state index in [1.54, 1.807) is 18.4 Å². The summed E-state index contributed by atoms with van der Waals surface area (Å²) in [6.45, 7) is 0. The lowest BCUT2D eigenvalue weighted by Gasteiger charge is -2.23. The molecule has 0 saturated heterocycles. The van der Waals surface area contributed by atoms with Crippen molar-refractivity contribution in [2.45, 2.75) is 63.8 Å². The normalized spacial score (nSPS) is 17.2. The Hall–Kier alpha value is -0.680. The van der Waals surface area contributed by atoms with Crippen molar-refractivity contribution in [2.24, 2.45) is 4.99 Å². The van der Waals surface area contributed by atoms with Gasteiger partial charge in [0.1, 0.15) is 10.8 Å². The Kier molecular flexibility index (Phi) is 7.72. The second-order valence-electron chi connectivity index (χ2n) is 7.97. The predicted molar refractivity (Wildman–Crippen MR) is 141 cm³/mol. The van der Waals surface area contributed by atoms with Crippen molar-refractivity contribution in [1.82, 2.24) is 5.32 Å². The van der Waals surface area contributed by atoms with Crippen LogP contribution in [-0.2, 0) is 12.8 Å². The number of aryl methyl sites for hydroxylation is 1. The molecule has 1 fully saturated rings. The van der Waals surface area contributed by atoms with Crippen molar-refractivity contribution in [3.8, 4) is 5.75 Å². The van der Waals surface area contributed by atoms with Crippen LogP contribution in [-0.4, -0.2) is 25.3 Å². The zero-order chi connectivity index (χ0) is 21.1. The third-order valence-electron chi connectivity index (χ3n) is 5.88. The fraction of sp³-hybridized carbons (Fsp3) is 0.478. The summed E-state index contributed by atoms with van der Waals surface area (Å²) in [5.74, 6) is 0.895. The minimum Gasteiger partial charge on any atom is -0.495 e. The van der Waals surface area contributed by atoms with Gasteiger partial charge in [0.15, 0.2) is 0 Å². The van der Waals surface area contributed by atoms with Crippen molar-refractivity contribution >= 4 is 73.6 Å². The molecule has 1 amide bonds. The summed E-state index contributed by atoms with van der Waals surface area (Å²) in [5.41, 5.74) is 2.99. The predicted octanol–water partition coefficient (Wildman–Crippen LogP) is 6.66. The van der Waals surface area contributed by atoms with Gasteiger partial charge in [-0.1, -0.05) is 19.3 Å². The highest BCUT2D eigenvalue weighted by molar-refractivity contribution is 14.1. The average molecular weight is 648 g/mol. The largest absolute Gasteiger partial charge is 0.495 e. The Balaban J connectivity index is 1.67. The first kappa shape index (κ1) is 22.5. The number of methoxy groups -OCH3 is 1. The number of hydrogen-bond acceptors (Lipinski definition) is 4. The number of halogens is 2. The van der Waals surface area contributed by atoms with Gasteiger partial charge >= 0.3 is 0 Å². The van der Waals surface area contributed by atoms with Gasteiger partial charge in [0.25, 0.3) is 5.91 Å². The lowest BCUT2D eigenvalue weighted by atomic mass is 9.93. The number of fused-ring (bicyclic) bond motifs is 1. The van der Waals surface area contributed by atoms with Crippen LogP contribution < -0.4 is 10.1 Å². The molecule has 0 spiro atoms. The van der Waals surface area contributed by atoms with E-state index >= 15 is 0 Å². The van der Waals surface area contributed by atoms with Gasteiger partial charge < -0.3 is 10.1 Å². The SMILES string of the molecule is COc1c(I)cc(I)cc1/C=N\c1sc2c(c1C(=O)NC1CCCCC1)CCCC2. The zero-order valence-corrected chi connectivity index (χ0v) is 22.2. The first-order chi connectivity index (χ1) is 14.6. The number of nitrogens with one attached hydrogen (secondary N) is 1. The second kappa shape index (κ2) is 10.3. The third-order valence-corrected chi connectivity index (χ3v) is 8.51. The van der Waals surface area contributed by atoms with Gasteiger partial charge in [-0.3, -0.25) is 4.79 Å². The summed E-state index contributed by atoms with van der Waals surface area (Å²) in [6, 6.07) is 4.46. The third kappa shape index (κ3) is 5.03. The number of nitrogens with zero attached hydrogens (tertiary/aromatic N) is 1. The molecule has 1 heterocycles. The number of carbonyl (C=O) groups is 1. The summed E-state index contributed by atoms with van der Waals surface area (Å²) in [7, 11) is 1.69. The fourth-order valence-electron chi connectivity index (χ4n) is 4.40. The first-order valence-electron chi connectivity index (χ1n) is 10.6. The zero-order valence-electron chi connectivity index (χ0n) is 17.1. The van der Waals surface area contributed by atoms with E-state index in [0.717, 1.165) is 61.1 Å². The maximum absolute atomic E-state index is 13.3. The standard InChI is InChI=1S/C23H26I2N2O2S/c1-29-21-14(11-15(24)12-18(21)25)13-26-23-20(17-9-5-6-10-19(17)30-23)22(28)27-16-7-3-2-4-8-16/h11-13,16H,2-10H2,1H3,(H,27,28)/b26-13-. The molecule has 4 rings (SSSR count). The Morgan fingerprint density at radius 1 is 1.17 bits per heavy atom. The maximum Gasteiger partial charge on any atom is 0.254 e. The van der Waals surface area contributed by atoms with Crippen molar-refractivity contribution < 1.29 is 9.53 Å². The highest BCUT2D eigenvalue weighted by atomic mass is 127. The molecule has 0 atom stereocenters. The molecule has 2 aromatic rings. The van der Waals surface area contributed by atoms with Gasteiger partial charge in [0.05, 0.1) is 16.2 Å². The van der Waals surface area contributed by atoms with E-state index in [9.17, 15) is 4.79 Å². The number of aliphatic imine (C=N–C) groups is 1. The molecule has 1 N–H and O–H groups in total. The maximum atomic E-state index is 13.3. The summed E-state index contributed by atoms with van der Waals surface area (Å²) in [4.78, 5) is 19.5. The van der Waals surface area contributed by atoms with E-state index in [1.165, 1.54) is 36.1 Å². The van der Waals surface area contributed by atoms with Crippen molar-refractivity contribution in [2.75, 3.05) is 7.11 Å². The molecule has 1 saturated carbocycles.